The van der Waals surface area contributed by atoms with Gasteiger partial charge >= 0.3 is 0 Å². The van der Waals surface area contributed by atoms with E-state index in [0.29, 0.717) is 22.7 Å². The van der Waals surface area contributed by atoms with E-state index in [1.165, 1.54) is 11.8 Å². The zero-order valence-corrected chi connectivity index (χ0v) is 13.6. The summed E-state index contributed by atoms with van der Waals surface area (Å²) >= 11 is 1.52. The van der Waals surface area contributed by atoms with Crippen molar-refractivity contribution in [2.24, 2.45) is 0 Å². The fourth-order valence-corrected chi connectivity index (χ4v) is 2.91. The number of ether oxygens (including phenoxy) is 1. The molecule has 2 aromatic rings. The maximum absolute atomic E-state index is 12.4. The number of carbonyl (C=O) groups is 2. The predicted octanol–water partition coefficient (Wildman–Crippen LogP) is 3.38. The monoisotopic (exact) mass is 328 g/mol. The highest BCUT2D eigenvalue weighted by Gasteiger charge is 2.23. The quantitative estimate of drug-likeness (QED) is 0.848. The van der Waals surface area contributed by atoms with Gasteiger partial charge in [-0.05, 0) is 43.5 Å². The highest BCUT2D eigenvalue weighted by atomic mass is 32.2. The summed E-state index contributed by atoms with van der Waals surface area (Å²) in [5.41, 5.74) is 1.78. The minimum Gasteiger partial charge on any atom is -0.479 e. The summed E-state index contributed by atoms with van der Waals surface area (Å²) in [5, 5.41) is 5.62. The van der Waals surface area contributed by atoms with Gasteiger partial charge in [0.15, 0.2) is 6.10 Å². The van der Waals surface area contributed by atoms with Crippen LogP contribution < -0.4 is 15.4 Å². The summed E-state index contributed by atoms with van der Waals surface area (Å²) < 4.78 is 5.50. The molecule has 1 aliphatic rings. The largest absolute Gasteiger partial charge is 0.479 e. The molecule has 118 valence electrons. The number of anilines is 2. The number of hydrogen-bond acceptors (Lipinski definition) is 4. The van der Waals surface area contributed by atoms with Crippen molar-refractivity contribution in [3.05, 3.63) is 48.0 Å². The maximum atomic E-state index is 12.4. The minimum atomic E-state index is -0.517. The van der Waals surface area contributed by atoms with Crippen molar-refractivity contribution in [3.8, 4) is 5.75 Å². The molecule has 1 aliphatic heterocycles. The highest BCUT2D eigenvalue weighted by molar-refractivity contribution is 7.98. The first-order valence-electron chi connectivity index (χ1n) is 7.14. The summed E-state index contributed by atoms with van der Waals surface area (Å²) in [4.78, 5) is 25.0. The molecule has 0 bridgehead atoms. The molecule has 0 saturated heterocycles. The van der Waals surface area contributed by atoms with Gasteiger partial charge in [0.05, 0.1) is 11.3 Å². The molecule has 2 aromatic carbocycles. The van der Waals surface area contributed by atoms with E-state index >= 15 is 0 Å². The molecule has 1 atom stereocenters. The van der Waals surface area contributed by atoms with Gasteiger partial charge in [0, 0.05) is 10.6 Å². The smallest absolute Gasteiger partial charge is 0.265 e. The Kier molecular flexibility index (Phi) is 4.25. The fraction of sp³-hybridized carbons (Fsp3) is 0.176. The minimum absolute atomic E-state index is 0.189. The lowest BCUT2D eigenvalue weighted by molar-refractivity contribution is -0.122. The Balaban J connectivity index is 1.82. The van der Waals surface area contributed by atoms with E-state index in [1.807, 2.05) is 24.5 Å². The Hall–Kier alpha value is -2.47. The standard InChI is InChI=1S/C17H16N2O3S/c1-10-16(20)19-13-9-11(7-8-14(13)22-10)18-17(21)12-5-3-4-6-15(12)23-2/h3-10H,1-2H3,(H,18,21)(H,19,20). The predicted molar refractivity (Wildman–Crippen MR) is 91.3 cm³/mol. The summed E-state index contributed by atoms with van der Waals surface area (Å²) in [7, 11) is 0. The third kappa shape index (κ3) is 3.17. The Labute approximate surface area is 138 Å². The van der Waals surface area contributed by atoms with Gasteiger partial charge in [-0.15, -0.1) is 11.8 Å². The fourth-order valence-electron chi connectivity index (χ4n) is 2.32. The molecule has 0 fully saturated rings. The number of rotatable bonds is 3. The van der Waals surface area contributed by atoms with Crippen LogP contribution in [0, 0.1) is 0 Å². The maximum Gasteiger partial charge on any atom is 0.265 e. The second-order valence-electron chi connectivity index (χ2n) is 5.11. The van der Waals surface area contributed by atoms with Gasteiger partial charge in [-0.3, -0.25) is 9.59 Å². The van der Waals surface area contributed by atoms with E-state index in [1.54, 1.807) is 31.2 Å². The first-order chi connectivity index (χ1) is 11.1. The van der Waals surface area contributed by atoms with Crippen molar-refractivity contribution < 1.29 is 14.3 Å². The van der Waals surface area contributed by atoms with Crippen LogP contribution in [0.1, 0.15) is 17.3 Å². The van der Waals surface area contributed by atoms with Gasteiger partial charge < -0.3 is 15.4 Å². The molecule has 6 heteroatoms. The number of hydrogen-bond donors (Lipinski definition) is 2. The molecular formula is C17H16N2O3S. The Morgan fingerprint density at radius 3 is 2.83 bits per heavy atom. The van der Waals surface area contributed by atoms with E-state index in [2.05, 4.69) is 10.6 Å². The summed E-state index contributed by atoms with van der Waals surface area (Å²) in [6.45, 7) is 1.69. The zero-order valence-electron chi connectivity index (χ0n) is 12.8. The molecule has 1 heterocycles. The average molecular weight is 328 g/mol. The van der Waals surface area contributed by atoms with Crippen LogP contribution in [0.4, 0.5) is 11.4 Å². The SMILES string of the molecule is CSc1ccccc1C(=O)Nc1ccc2c(c1)NC(=O)C(C)O2. The van der Waals surface area contributed by atoms with Crippen LogP contribution in [0.15, 0.2) is 47.4 Å². The van der Waals surface area contributed by atoms with Gasteiger partial charge in [0.25, 0.3) is 11.8 Å². The number of thioether (sulfide) groups is 1. The van der Waals surface area contributed by atoms with Crippen molar-refractivity contribution >= 4 is 35.0 Å². The molecule has 1 unspecified atom stereocenters. The van der Waals surface area contributed by atoms with Crippen LogP contribution in [0.3, 0.4) is 0 Å². The number of carbonyl (C=O) groups excluding carboxylic acids is 2. The summed E-state index contributed by atoms with van der Waals surface area (Å²) in [6.07, 6.45) is 1.41. The van der Waals surface area contributed by atoms with Gasteiger partial charge in [-0.25, -0.2) is 0 Å². The second-order valence-corrected chi connectivity index (χ2v) is 5.96. The van der Waals surface area contributed by atoms with E-state index in [-0.39, 0.29) is 11.8 Å². The molecule has 2 N–H and O–H groups in total. The molecule has 0 aromatic heterocycles. The third-order valence-corrected chi connectivity index (χ3v) is 4.32. The highest BCUT2D eigenvalue weighted by Crippen LogP contribution is 2.32. The van der Waals surface area contributed by atoms with Crippen molar-refractivity contribution in [2.45, 2.75) is 17.9 Å². The first-order valence-corrected chi connectivity index (χ1v) is 8.37. The molecular weight excluding hydrogens is 312 g/mol. The van der Waals surface area contributed by atoms with E-state index in [0.717, 1.165) is 4.90 Å². The van der Waals surface area contributed by atoms with E-state index in [4.69, 9.17) is 4.74 Å². The molecule has 0 aliphatic carbocycles. The number of amides is 2. The van der Waals surface area contributed by atoms with Crippen LogP contribution in [0.5, 0.6) is 5.75 Å². The molecule has 0 saturated carbocycles. The summed E-state index contributed by atoms with van der Waals surface area (Å²) in [6, 6.07) is 12.6. The number of nitrogens with one attached hydrogen (secondary N) is 2. The molecule has 5 nitrogen and oxygen atoms in total. The van der Waals surface area contributed by atoms with Crippen LogP contribution in [0.2, 0.25) is 0 Å². The van der Waals surface area contributed by atoms with Crippen LogP contribution in [-0.4, -0.2) is 24.2 Å². The Morgan fingerprint density at radius 1 is 1.26 bits per heavy atom. The molecule has 0 radical (unpaired) electrons. The molecule has 0 spiro atoms. The lowest BCUT2D eigenvalue weighted by Gasteiger charge is -2.23. The normalized spacial score (nSPS) is 16.1. The lowest BCUT2D eigenvalue weighted by Crippen LogP contribution is -2.34. The molecule has 3 rings (SSSR count). The number of benzene rings is 2. The van der Waals surface area contributed by atoms with Crippen molar-refractivity contribution in [2.75, 3.05) is 16.9 Å². The Bertz CT molecular complexity index is 776. The van der Waals surface area contributed by atoms with E-state index < -0.39 is 6.10 Å². The van der Waals surface area contributed by atoms with Gasteiger partial charge in [-0.1, -0.05) is 12.1 Å². The topological polar surface area (TPSA) is 67.4 Å². The molecule has 23 heavy (non-hydrogen) atoms. The van der Waals surface area contributed by atoms with Gasteiger partial charge in [0.2, 0.25) is 0 Å². The first kappa shape index (κ1) is 15.4. The Morgan fingerprint density at radius 2 is 2.04 bits per heavy atom. The third-order valence-electron chi connectivity index (χ3n) is 3.52. The van der Waals surface area contributed by atoms with Crippen LogP contribution >= 0.6 is 11.8 Å². The van der Waals surface area contributed by atoms with Crippen molar-refractivity contribution in [1.29, 1.82) is 0 Å². The van der Waals surface area contributed by atoms with Crippen LogP contribution in [0.25, 0.3) is 0 Å². The second kappa shape index (κ2) is 6.34. The average Bonchev–Trinajstić information content (AvgIpc) is 2.56. The lowest BCUT2D eigenvalue weighted by atomic mass is 10.2. The van der Waals surface area contributed by atoms with Crippen LogP contribution in [-0.2, 0) is 4.79 Å². The number of fused-ring (bicyclic) bond motifs is 1. The van der Waals surface area contributed by atoms with Gasteiger partial charge in [0.1, 0.15) is 5.75 Å². The zero-order chi connectivity index (χ0) is 16.4. The van der Waals surface area contributed by atoms with Crippen molar-refractivity contribution in [3.63, 3.8) is 0 Å². The van der Waals surface area contributed by atoms with E-state index in [9.17, 15) is 9.59 Å². The molecule has 2 amide bonds. The van der Waals surface area contributed by atoms with Gasteiger partial charge in [-0.2, -0.15) is 0 Å². The summed E-state index contributed by atoms with van der Waals surface area (Å²) in [5.74, 6) is 0.208. The van der Waals surface area contributed by atoms with Crippen molar-refractivity contribution in [1.82, 2.24) is 0 Å².